The van der Waals surface area contributed by atoms with Crippen LogP contribution in [-0.4, -0.2) is 115 Å². The van der Waals surface area contributed by atoms with Gasteiger partial charge >= 0.3 is 0 Å². The molecule has 3 heterocycles. The second-order valence-electron chi connectivity index (χ2n) is 13.8. The summed E-state index contributed by atoms with van der Waals surface area (Å²) in [5, 5.41) is 0. The Morgan fingerprint density at radius 1 is 0.588 bits per heavy atom. The van der Waals surface area contributed by atoms with Crippen LogP contribution in [0.4, 0.5) is 0 Å². The Bertz CT molecular complexity index is 1020. The highest BCUT2D eigenvalue weighted by Crippen LogP contribution is 2.39. The van der Waals surface area contributed by atoms with Crippen molar-refractivity contribution >= 4 is 0 Å². The van der Waals surface area contributed by atoms with Gasteiger partial charge in [0.2, 0.25) is 0 Å². The predicted octanol–water partition coefficient (Wildman–Crippen LogP) is 7.14. The molecule has 0 aromatic heterocycles. The van der Waals surface area contributed by atoms with Gasteiger partial charge < -0.3 is 52.1 Å². The molecular weight excluding hydrogens is 656 g/mol. The first-order valence-electron chi connectivity index (χ1n) is 19.9. The summed E-state index contributed by atoms with van der Waals surface area (Å²) in [7, 11) is 1.63. The fourth-order valence-corrected chi connectivity index (χ4v) is 6.59. The summed E-state index contributed by atoms with van der Waals surface area (Å²) in [6.07, 6.45) is 3.44. The summed E-state index contributed by atoms with van der Waals surface area (Å²) in [5.41, 5.74) is 0.919. The molecule has 11 nitrogen and oxygen atoms in total. The molecule has 1 aromatic carbocycles. The van der Waals surface area contributed by atoms with Gasteiger partial charge in [-0.2, -0.15) is 0 Å². The van der Waals surface area contributed by atoms with Crippen molar-refractivity contribution in [2.24, 2.45) is 0 Å². The monoisotopic (exact) mass is 724 g/mol. The highest BCUT2D eigenvalue weighted by molar-refractivity contribution is 5.16. The van der Waals surface area contributed by atoms with Crippen LogP contribution in [-0.2, 0) is 52.1 Å². The van der Waals surface area contributed by atoms with E-state index in [1.807, 2.05) is 30.3 Å². The average molecular weight is 725 g/mol. The van der Waals surface area contributed by atoms with Gasteiger partial charge in [-0.05, 0) is 32.1 Å². The van der Waals surface area contributed by atoms with E-state index in [4.69, 9.17) is 52.1 Å². The lowest BCUT2D eigenvalue weighted by Crippen LogP contribution is -2.67. The summed E-state index contributed by atoms with van der Waals surface area (Å²) >= 11 is 0. The second kappa shape index (κ2) is 24.2. The van der Waals surface area contributed by atoms with Crippen LogP contribution in [0.25, 0.3) is 0 Å². The minimum absolute atomic E-state index is 0.303. The first kappa shape index (κ1) is 42.5. The third-order valence-corrected chi connectivity index (χ3v) is 9.63. The van der Waals surface area contributed by atoms with E-state index in [1.54, 1.807) is 7.11 Å². The van der Waals surface area contributed by atoms with Gasteiger partial charge in [0.15, 0.2) is 18.9 Å². The minimum atomic E-state index is -0.834. The van der Waals surface area contributed by atoms with Gasteiger partial charge in [-0.25, -0.2) is 0 Å². The van der Waals surface area contributed by atoms with Crippen LogP contribution >= 0.6 is 0 Å². The van der Waals surface area contributed by atoms with Gasteiger partial charge in [-0.1, -0.05) is 97.1 Å². The molecule has 0 spiro atoms. The number of methoxy groups -OCH3 is 1. The molecule has 1 aromatic rings. The normalized spacial score (nSPS) is 32.5. The first-order chi connectivity index (χ1) is 25.1. The Balaban J connectivity index is 1.70. The molecule has 0 bridgehead atoms. The Hall–Kier alpha value is -1.22. The summed E-state index contributed by atoms with van der Waals surface area (Å²) < 4.78 is 72.1. The molecule has 0 N–H and O–H groups in total. The van der Waals surface area contributed by atoms with Gasteiger partial charge in [0, 0.05) is 45.7 Å². The molecular formula is C40H68O11. The quantitative estimate of drug-likeness (QED) is 0.0963. The molecule has 3 aliphatic heterocycles. The fraction of sp³-hybridized carbons (Fsp3) is 0.850. The van der Waals surface area contributed by atoms with Crippen molar-refractivity contribution in [1.29, 1.82) is 0 Å². The van der Waals surface area contributed by atoms with Gasteiger partial charge in [-0.3, -0.25) is 0 Å². The molecule has 11 atom stereocenters. The van der Waals surface area contributed by atoms with Crippen LogP contribution in [0.15, 0.2) is 30.3 Å². The third-order valence-electron chi connectivity index (χ3n) is 9.63. The largest absolute Gasteiger partial charge is 0.379 e. The second-order valence-corrected chi connectivity index (χ2v) is 13.8. The average Bonchev–Trinajstić information content (AvgIpc) is 3.16. The topological polar surface area (TPSA) is 102 Å². The molecule has 0 radical (unpaired) electrons. The van der Waals surface area contributed by atoms with E-state index in [1.165, 1.54) is 0 Å². The number of benzene rings is 1. The van der Waals surface area contributed by atoms with E-state index in [2.05, 4.69) is 34.6 Å². The summed E-state index contributed by atoms with van der Waals surface area (Å²) in [6, 6.07) is 9.93. The van der Waals surface area contributed by atoms with Crippen LogP contribution < -0.4 is 0 Å². The number of fused-ring (bicyclic) bond motifs is 1. The molecule has 51 heavy (non-hydrogen) atoms. The van der Waals surface area contributed by atoms with Crippen LogP contribution in [0.1, 0.15) is 111 Å². The first-order valence-corrected chi connectivity index (χ1v) is 19.9. The van der Waals surface area contributed by atoms with Crippen molar-refractivity contribution in [2.45, 2.75) is 167 Å². The Labute approximate surface area is 307 Å². The number of hydrogen-bond acceptors (Lipinski definition) is 11. The predicted molar refractivity (Wildman–Crippen MR) is 194 cm³/mol. The van der Waals surface area contributed by atoms with E-state index in [0.29, 0.717) is 46.2 Å². The molecule has 3 saturated heterocycles. The Morgan fingerprint density at radius 3 is 1.73 bits per heavy atom. The van der Waals surface area contributed by atoms with Crippen molar-refractivity contribution in [1.82, 2.24) is 0 Å². The summed E-state index contributed by atoms with van der Waals surface area (Å²) in [5.74, 6) is 0. The fourth-order valence-electron chi connectivity index (χ4n) is 6.59. The van der Waals surface area contributed by atoms with E-state index in [9.17, 15) is 0 Å². The SMILES string of the molecule is CCCCOCC1O[C@H](OC2C(OCCCC)[C@@H](OC)OC3COC(c4ccccc4)O[C@H]32)[C@@H](OCCCC)C(OCCCC)[C@@H]1OCCCC. The molecule has 6 unspecified atom stereocenters. The molecule has 0 saturated carbocycles. The van der Waals surface area contributed by atoms with E-state index in [-0.39, 0.29) is 0 Å². The number of hydrogen-bond donors (Lipinski definition) is 0. The number of rotatable bonds is 25. The standard InChI is InChI=1S/C40H68O11/c1-7-12-22-42-27-30-32(43-23-13-8-2)34(44-24-14-9-3)36(45-25-15-10-4)40(49-30)51-35-33-31(48-39(41-6)37(35)46-26-16-11-5)28-47-38(50-33)29-20-18-17-19-21-29/h17-21,30-40H,7-16,22-28H2,1-6H3/t30?,31?,32-,33-,34?,35?,36+,37?,38?,39+,40-/m1/s1. The number of unbranched alkanes of at least 4 members (excludes halogenated alkanes) is 5. The van der Waals surface area contributed by atoms with Crippen molar-refractivity contribution in [3.8, 4) is 0 Å². The summed E-state index contributed by atoms with van der Waals surface area (Å²) in [4.78, 5) is 0. The lowest BCUT2D eigenvalue weighted by Gasteiger charge is -2.51. The van der Waals surface area contributed by atoms with Crippen LogP contribution in [0, 0.1) is 0 Å². The van der Waals surface area contributed by atoms with E-state index >= 15 is 0 Å². The lowest BCUT2D eigenvalue weighted by atomic mass is 9.95. The van der Waals surface area contributed by atoms with Crippen LogP contribution in [0.5, 0.6) is 0 Å². The molecule has 0 aliphatic carbocycles. The van der Waals surface area contributed by atoms with Crippen LogP contribution in [0.2, 0.25) is 0 Å². The maximum atomic E-state index is 7.17. The highest BCUT2D eigenvalue weighted by atomic mass is 16.8. The maximum Gasteiger partial charge on any atom is 0.187 e. The van der Waals surface area contributed by atoms with Crippen molar-refractivity contribution in [2.75, 3.05) is 53.4 Å². The van der Waals surface area contributed by atoms with Gasteiger partial charge in [0.05, 0.1) is 13.2 Å². The van der Waals surface area contributed by atoms with Crippen molar-refractivity contribution < 1.29 is 52.1 Å². The Kier molecular flexibility index (Phi) is 20.2. The molecule has 3 fully saturated rings. The molecule has 3 aliphatic rings. The molecule has 294 valence electrons. The zero-order valence-electron chi connectivity index (χ0n) is 32.2. The van der Waals surface area contributed by atoms with Crippen molar-refractivity contribution in [3.63, 3.8) is 0 Å². The van der Waals surface area contributed by atoms with E-state index in [0.717, 1.165) is 69.8 Å². The zero-order valence-corrected chi connectivity index (χ0v) is 32.2. The molecule has 4 rings (SSSR count). The smallest absolute Gasteiger partial charge is 0.187 e. The zero-order chi connectivity index (χ0) is 36.3. The summed E-state index contributed by atoms with van der Waals surface area (Å²) in [6.45, 7) is 14.3. The van der Waals surface area contributed by atoms with Gasteiger partial charge in [-0.15, -0.1) is 0 Å². The van der Waals surface area contributed by atoms with Crippen molar-refractivity contribution in [3.05, 3.63) is 35.9 Å². The van der Waals surface area contributed by atoms with Gasteiger partial charge in [0.1, 0.15) is 48.8 Å². The highest BCUT2D eigenvalue weighted by Gasteiger charge is 2.56. The third kappa shape index (κ3) is 12.7. The maximum absolute atomic E-state index is 7.17. The van der Waals surface area contributed by atoms with E-state index < -0.39 is 67.7 Å². The number of ether oxygens (including phenoxy) is 11. The van der Waals surface area contributed by atoms with Gasteiger partial charge in [0.25, 0.3) is 0 Å². The van der Waals surface area contributed by atoms with Crippen LogP contribution in [0.3, 0.4) is 0 Å². The molecule has 0 amide bonds. The minimum Gasteiger partial charge on any atom is -0.379 e. The lowest BCUT2D eigenvalue weighted by molar-refractivity contribution is -0.398. The molecule has 11 heteroatoms. The Morgan fingerprint density at radius 2 is 1.14 bits per heavy atom.